The van der Waals surface area contributed by atoms with Gasteiger partial charge in [0.1, 0.15) is 0 Å². The van der Waals surface area contributed by atoms with Crippen LogP contribution in [0.5, 0.6) is 0 Å². The van der Waals surface area contributed by atoms with Gasteiger partial charge >= 0.3 is 0 Å². The van der Waals surface area contributed by atoms with Crippen LogP contribution in [-0.2, 0) is 102 Å². The van der Waals surface area contributed by atoms with Gasteiger partial charge in [0.2, 0.25) is 0 Å². The number of likely N-dealkylation sites (N-methyl/N-ethyl adjacent to an activating group) is 5. The minimum Gasteiger partial charge on any atom is -0.372 e. The fourth-order valence-corrected chi connectivity index (χ4v) is 23.1. The molecule has 0 aromatic carbocycles. The SMILES string of the molecule is C.C.C.C.C.C.C.CCc1cc2c(s1)CCCOC2CN.CCc1cc2c(s1)CCCOC2CNC.CNCC1OCCCc2sc(C)cc21.CNCC1OCCCc2sccc21.CNC[C@@H]1OCCCc2sccc21.CNC[C@H]1OCCCc2sccc21.Cc1cc2c(s1)CCCOC2CN.NCC1OCCCc2sccc21. The first-order valence-corrected chi connectivity index (χ1v) is 46.2. The van der Waals surface area contributed by atoms with E-state index in [-0.39, 0.29) is 101 Å². The summed E-state index contributed by atoms with van der Waals surface area (Å²) >= 11 is 15.1. The van der Waals surface area contributed by atoms with E-state index >= 15 is 0 Å². The van der Waals surface area contributed by atoms with E-state index in [4.69, 9.17) is 55.1 Å². The zero-order chi connectivity index (χ0) is 75.5. The monoisotopic (exact) mass is 1730 g/mol. The van der Waals surface area contributed by atoms with Crippen molar-refractivity contribution >= 4 is 90.7 Å². The number of aryl methyl sites for hydroxylation is 12. The summed E-state index contributed by atoms with van der Waals surface area (Å²) in [4.78, 5) is 17.8. The fraction of sp³-hybridized carbons (Fsp3) is 0.644. The van der Waals surface area contributed by atoms with Crippen LogP contribution in [0.25, 0.3) is 0 Å². The smallest absolute Gasteiger partial charge is 0.0959 e. The Kier molecular flexibility index (Phi) is 56.0. The highest BCUT2D eigenvalue weighted by atomic mass is 32.1. The highest BCUT2D eigenvalue weighted by Crippen LogP contribution is 2.39. The Labute approximate surface area is 724 Å². The molecule has 16 nitrogen and oxygen atoms in total. The summed E-state index contributed by atoms with van der Waals surface area (Å²) in [5.74, 6) is 0. The van der Waals surface area contributed by atoms with Gasteiger partial charge in [0.05, 0.1) is 48.8 Å². The van der Waals surface area contributed by atoms with Gasteiger partial charge in [-0.2, -0.15) is 0 Å². The third-order valence-corrected chi connectivity index (χ3v) is 28.8. The first-order valence-electron chi connectivity index (χ1n) is 39.4. The van der Waals surface area contributed by atoms with Gasteiger partial charge in [-0.05, 0) is 279 Å². The summed E-state index contributed by atoms with van der Waals surface area (Å²) in [6.07, 6.45) is 22.7. The van der Waals surface area contributed by atoms with Gasteiger partial charge in [-0.25, -0.2) is 0 Å². The summed E-state index contributed by atoms with van der Waals surface area (Å²) in [5, 5.41) is 24.6. The Bertz CT molecular complexity index is 3590. The lowest BCUT2D eigenvalue weighted by Crippen LogP contribution is -2.19. The summed E-state index contributed by atoms with van der Waals surface area (Å²) in [7, 11) is 9.88. The summed E-state index contributed by atoms with van der Waals surface area (Å²) in [5.41, 5.74) is 28.1. The average Bonchev–Trinajstić information content (AvgIpc) is 1.61. The van der Waals surface area contributed by atoms with Crippen molar-refractivity contribution in [1.82, 2.24) is 26.6 Å². The lowest BCUT2D eigenvalue weighted by molar-refractivity contribution is 0.0578. The van der Waals surface area contributed by atoms with Gasteiger partial charge in [0.15, 0.2) is 0 Å². The molecule has 11 N–H and O–H groups in total. The molecule has 0 radical (unpaired) electrons. The van der Waals surface area contributed by atoms with Crippen LogP contribution >= 0.6 is 90.7 Å². The normalized spacial score (nSPS) is 20.8. The molecule has 6 unspecified atom stereocenters. The highest BCUT2D eigenvalue weighted by molar-refractivity contribution is 7.13. The molecule has 0 amide bonds. The number of hydrogen-bond acceptors (Lipinski definition) is 24. The maximum Gasteiger partial charge on any atom is 0.0959 e. The molecule has 16 rings (SSSR count). The molecule has 8 atom stereocenters. The molecular weight excluding hydrogens is 1580 g/mol. The van der Waals surface area contributed by atoms with Gasteiger partial charge in [-0.3, -0.25) is 0 Å². The van der Waals surface area contributed by atoms with Gasteiger partial charge in [-0.15, -0.1) is 90.7 Å². The molecule has 8 aromatic heterocycles. The Balaban J connectivity index is 0.000000438. The third-order valence-electron chi connectivity index (χ3n) is 19.8. The minimum atomic E-state index is 0. The molecule has 8 aliphatic heterocycles. The Morgan fingerprint density at radius 3 is 0.746 bits per heavy atom. The van der Waals surface area contributed by atoms with E-state index in [1.165, 1.54) is 130 Å². The van der Waals surface area contributed by atoms with Crippen molar-refractivity contribution in [2.24, 2.45) is 17.2 Å². The fourth-order valence-electron chi connectivity index (χ4n) is 14.5. The lowest BCUT2D eigenvalue weighted by Gasteiger charge is -2.14. The average molecular weight is 1730 g/mol. The molecule has 16 heterocycles. The van der Waals surface area contributed by atoms with Crippen molar-refractivity contribution in [3.05, 3.63) is 173 Å². The number of rotatable bonds is 15. The Morgan fingerprint density at radius 1 is 0.289 bits per heavy atom. The third kappa shape index (κ3) is 32.4. The lowest BCUT2D eigenvalue weighted by atomic mass is 10.1. The van der Waals surface area contributed by atoms with Crippen molar-refractivity contribution in [1.29, 1.82) is 0 Å². The number of thiophene rings is 8. The van der Waals surface area contributed by atoms with Crippen molar-refractivity contribution in [2.45, 2.75) is 244 Å². The molecule has 650 valence electrons. The van der Waals surface area contributed by atoms with Crippen LogP contribution in [0.2, 0.25) is 0 Å². The molecule has 8 aliphatic rings. The second kappa shape index (κ2) is 59.6. The second-order valence-corrected chi connectivity index (χ2v) is 36.9. The topological polar surface area (TPSA) is 212 Å². The van der Waals surface area contributed by atoms with Crippen LogP contribution in [0.15, 0.2) is 70.1 Å². The van der Waals surface area contributed by atoms with Crippen LogP contribution in [-0.4, -0.2) is 140 Å². The summed E-state index contributed by atoms with van der Waals surface area (Å²) in [6, 6.07) is 17.9. The van der Waals surface area contributed by atoms with E-state index in [9.17, 15) is 0 Å². The molecule has 0 saturated carbocycles. The summed E-state index contributed by atoms with van der Waals surface area (Å²) < 4.78 is 46.0. The molecule has 0 aliphatic carbocycles. The van der Waals surface area contributed by atoms with Crippen LogP contribution in [0.1, 0.15) is 269 Å². The predicted molar refractivity (Wildman–Crippen MR) is 503 cm³/mol. The van der Waals surface area contributed by atoms with Gasteiger partial charge in [0, 0.05) is 164 Å². The molecule has 0 fully saturated rings. The second-order valence-electron chi connectivity index (χ2n) is 27.8. The molecule has 0 spiro atoms. The van der Waals surface area contributed by atoms with E-state index in [2.05, 4.69) is 124 Å². The number of ether oxygens (including phenoxy) is 8. The molecule has 0 saturated heterocycles. The van der Waals surface area contributed by atoms with Crippen molar-refractivity contribution in [2.75, 3.05) is 140 Å². The van der Waals surface area contributed by atoms with Gasteiger partial charge < -0.3 is 81.7 Å². The van der Waals surface area contributed by atoms with E-state index in [1.54, 1.807) is 4.88 Å². The minimum absolute atomic E-state index is 0. The van der Waals surface area contributed by atoms with E-state index in [0.717, 1.165) is 169 Å². The van der Waals surface area contributed by atoms with Crippen molar-refractivity contribution in [3.63, 3.8) is 0 Å². The van der Waals surface area contributed by atoms with Crippen LogP contribution in [0, 0.1) is 13.8 Å². The number of nitrogens with one attached hydrogen (secondary N) is 5. The number of fused-ring (bicyclic) bond motifs is 8. The largest absolute Gasteiger partial charge is 0.372 e. The molecular formula is C90H154N8O8S8. The molecule has 0 bridgehead atoms. The van der Waals surface area contributed by atoms with Gasteiger partial charge in [-0.1, -0.05) is 65.8 Å². The highest BCUT2D eigenvalue weighted by Gasteiger charge is 2.27. The first kappa shape index (κ1) is 107. The zero-order valence-electron chi connectivity index (χ0n) is 65.4. The Hall–Kier alpha value is -3.04. The first-order chi connectivity index (χ1) is 52.5. The van der Waals surface area contributed by atoms with Crippen LogP contribution in [0.3, 0.4) is 0 Å². The van der Waals surface area contributed by atoms with E-state index < -0.39 is 0 Å². The van der Waals surface area contributed by atoms with Gasteiger partial charge in [0.25, 0.3) is 0 Å². The summed E-state index contributed by atoms with van der Waals surface area (Å²) in [6.45, 7) is 22.2. The van der Waals surface area contributed by atoms with E-state index in [1.807, 2.05) is 126 Å². The van der Waals surface area contributed by atoms with E-state index in [0.29, 0.717) is 19.6 Å². The number of hydrogen-bond donors (Lipinski definition) is 8. The number of nitrogens with two attached hydrogens (primary N) is 3. The zero-order valence-corrected chi connectivity index (χ0v) is 71.9. The molecule has 8 aromatic rings. The quantitative estimate of drug-likeness (QED) is 0.0480. The van der Waals surface area contributed by atoms with Crippen molar-refractivity contribution in [3.8, 4) is 0 Å². The molecule has 24 heteroatoms. The predicted octanol–water partition coefficient (Wildman–Crippen LogP) is 21.2. The maximum absolute atomic E-state index is 5.87. The standard InChI is InChI=1S/C12H19NOS.2C11H17NOS.4C10H15NOS.C9H13NOS.7CH4/c1-3-9-7-10-11(8-13-2)14-6-4-5-12(10)15-9;1-8-6-9-10(7-12-2)13-5-3-4-11(9)14-8;1-2-8-6-9-10(7-12)13-5-3-4-11(9)14-8;3*1-11-7-9-8-4-6-13-10(8)3-2-5-12-9;1-7-5-8-9(6-11)12-4-2-3-10(8)13-7;10-6-8-7-3-5-12-9(7)2-1-4-11-8;;;;;;;/h7,11,13H,3-6,8H2,1-2H3;6,10,12H,3-5,7H2,1-2H3;6,10H,2-5,7,12H2,1H3;3*4,6,9,11H,2-3,5,7H2,1H3;5,9H,2-4,6,11H2,1H3;3,5,8H,1-2,4,6,10H2;7*1H4/t;;;2*9-;;;;;;;;;;/m...10........../s1. The maximum atomic E-state index is 5.87. The molecule has 114 heavy (non-hydrogen) atoms. The van der Waals surface area contributed by atoms with Crippen LogP contribution in [0.4, 0.5) is 0 Å². The Morgan fingerprint density at radius 2 is 0.491 bits per heavy atom. The van der Waals surface area contributed by atoms with Crippen molar-refractivity contribution < 1.29 is 37.9 Å². The van der Waals surface area contributed by atoms with Crippen LogP contribution < -0.4 is 43.8 Å².